The number of methoxy groups -OCH3 is 1. The van der Waals surface area contributed by atoms with Crippen molar-refractivity contribution in [3.05, 3.63) is 54.1 Å². The Labute approximate surface area is 161 Å². The Morgan fingerprint density at radius 3 is 2.71 bits per heavy atom. The van der Waals surface area contributed by atoms with E-state index in [1.807, 2.05) is 0 Å². The van der Waals surface area contributed by atoms with Crippen LogP contribution in [0.1, 0.15) is 18.6 Å². The lowest BCUT2D eigenvalue weighted by atomic mass is 10.1. The number of nitrogens with one attached hydrogen (secondary N) is 1. The van der Waals surface area contributed by atoms with E-state index in [1.54, 1.807) is 30.3 Å². The summed E-state index contributed by atoms with van der Waals surface area (Å²) in [6.45, 7) is -0.174. The van der Waals surface area contributed by atoms with Gasteiger partial charge < -0.3 is 19.2 Å². The molecule has 0 spiro atoms. The van der Waals surface area contributed by atoms with Gasteiger partial charge in [0.2, 0.25) is 0 Å². The molecule has 1 aromatic carbocycles. The van der Waals surface area contributed by atoms with Gasteiger partial charge in [-0.3, -0.25) is 9.59 Å². The zero-order valence-electron chi connectivity index (χ0n) is 15.3. The number of benzene rings is 1. The highest BCUT2D eigenvalue weighted by Crippen LogP contribution is 2.25. The molecule has 2 aromatic rings. The lowest BCUT2D eigenvalue weighted by molar-refractivity contribution is -0.143. The molecule has 0 aliphatic heterocycles. The number of carbonyl (C=O) groups is 3. The second kappa shape index (κ2) is 10.7. The smallest absolute Gasteiger partial charge is 0.331 e. The van der Waals surface area contributed by atoms with Crippen LogP contribution in [0.3, 0.4) is 0 Å². The number of ether oxygens (including phenoxy) is 2. The van der Waals surface area contributed by atoms with Crippen molar-refractivity contribution < 1.29 is 32.7 Å². The number of rotatable bonds is 9. The van der Waals surface area contributed by atoms with Crippen molar-refractivity contribution >= 4 is 23.9 Å². The van der Waals surface area contributed by atoms with Crippen molar-refractivity contribution in [1.29, 1.82) is 0 Å². The molecule has 0 aliphatic rings. The van der Waals surface area contributed by atoms with Crippen molar-refractivity contribution in [2.75, 3.05) is 20.3 Å². The molecule has 7 nitrogen and oxygen atoms in total. The van der Waals surface area contributed by atoms with E-state index < -0.39 is 24.3 Å². The van der Waals surface area contributed by atoms with Crippen LogP contribution in [0.2, 0.25) is 0 Å². The van der Waals surface area contributed by atoms with E-state index in [1.165, 1.54) is 19.3 Å². The summed E-state index contributed by atoms with van der Waals surface area (Å²) in [6.07, 6.45) is 3.09. The maximum atomic E-state index is 13.7. The molecule has 0 bridgehead atoms. The third kappa shape index (κ3) is 6.71. The molecular formula is C20H20FNO6. The van der Waals surface area contributed by atoms with E-state index in [0.29, 0.717) is 23.5 Å². The monoisotopic (exact) mass is 389 g/mol. The average molecular weight is 389 g/mol. The summed E-state index contributed by atoms with van der Waals surface area (Å²) in [5, 5.41) is 2.52. The Hall–Kier alpha value is -3.42. The summed E-state index contributed by atoms with van der Waals surface area (Å²) >= 11 is 0. The molecule has 8 heteroatoms. The number of hydrogen-bond acceptors (Lipinski definition) is 6. The van der Waals surface area contributed by atoms with Gasteiger partial charge in [0.05, 0.1) is 12.7 Å². The van der Waals surface area contributed by atoms with Gasteiger partial charge in [-0.15, -0.1) is 0 Å². The quantitative estimate of drug-likeness (QED) is 0.403. The van der Waals surface area contributed by atoms with Gasteiger partial charge in [-0.25, -0.2) is 9.18 Å². The first-order valence-corrected chi connectivity index (χ1v) is 8.52. The molecule has 0 aliphatic carbocycles. The van der Waals surface area contributed by atoms with Crippen LogP contribution >= 0.6 is 0 Å². The zero-order valence-corrected chi connectivity index (χ0v) is 15.3. The van der Waals surface area contributed by atoms with Gasteiger partial charge in [0.15, 0.2) is 6.61 Å². The normalized spacial score (nSPS) is 10.6. The predicted octanol–water partition coefficient (Wildman–Crippen LogP) is 2.71. The first kappa shape index (κ1) is 20.9. The maximum absolute atomic E-state index is 13.7. The molecule has 1 aromatic heterocycles. The van der Waals surface area contributed by atoms with Crippen LogP contribution in [0.4, 0.5) is 4.39 Å². The number of halogens is 1. The van der Waals surface area contributed by atoms with Crippen molar-refractivity contribution in [2.24, 2.45) is 0 Å². The molecule has 28 heavy (non-hydrogen) atoms. The molecule has 1 heterocycles. The van der Waals surface area contributed by atoms with Crippen LogP contribution in [0.25, 0.3) is 17.4 Å². The molecule has 2 rings (SSSR count). The van der Waals surface area contributed by atoms with Gasteiger partial charge in [0.25, 0.3) is 5.91 Å². The Kier molecular flexibility index (Phi) is 7.95. The Morgan fingerprint density at radius 2 is 1.96 bits per heavy atom. The van der Waals surface area contributed by atoms with Crippen molar-refractivity contribution in [3.8, 4) is 11.3 Å². The number of furan rings is 1. The Bertz CT molecular complexity index is 858. The number of hydrogen-bond donors (Lipinski definition) is 1. The second-order valence-corrected chi connectivity index (χ2v) is 5.65. The first-order valence-electron chi connectivity index (χ1n) is 8.52. The second-order valence-electron chi connectivity index (χ2n) is 5.65. The van der Waals surface area contributed by atoms with Crippen molar-refractivity contribution in [1.82, 2.24) is 5.32 Å². The van der Waals surface area contributed by atoms with E-state index in [0.717, 1.165) is 6.08 Å². The molecular weight excluding hydrogens is 369 g/mol. The zero-order chi connectivity index (χ0) is 20.4. The molecule has 1 amide bonds. The third-order valence-corrected chi connectivity index (χ3v) is 3.60. The van der Waals surface area contributed by atoms with Crippen LogP contribution in [0.5, 0.6) is 0 Å². The number of carbonyl (C=O) groups excluding carboxylic acids is 3. The predicted molar refractivity (Wildman–Crippen MR) is 98.4 cm³/mol. The van der Waals surface area contributed by atoms with Crippen LogP contribution in [-0.4, -0.2) is 38.1 Å². The van der Waals surface area contributed by atoms with E-state index in [9.17, 15) is 18.8 Å². The van der Waals surface area contributed by atoms with Gasteiger partial charge in [-0.05, 0) is 36.8 Å². The first-order chi connectivity index (χ1) is 13.5. The number of amides is 1. The lowest BCUT2D eigenvalue weighted by Gasteiger charge is -2.04. The van der Waals surface area contributed by atoms with Crippen LogP contribution in [0.15, 0.2) is 46.9 Å². The summed E-state index contributed by atoms with van der Waals surface area (Å²) in [7, 11) is 1.29. The molecule has 0 unspecified atom stereocenters. The van der Waals surface area contributed by atoms with Crippen molar-refractivity contribution in [2.45, 2.75) is 12.8 Å². The van der Waals surface area contributed by atoms with E-state index >= 15 is 0 Å². The topological polar surface area (TPSA) is 94.8 Å². The van der Waals surface area contributed by atoms with Gasteiger partial charge in [0, 0.05) is 19.0 Å². The van der Waals surface area contributed by atoms with Gasteiger partial charge in [-0.2, -0.15) is 0 Å². The fourth-order valence-corrected chi connectivity index (χ4v) is 2.20. The summed E-state index contributed by atoms with van der Waals surface area (Å²) in [5.74, 6) is -1.31. The van der Waals surface area contributed by atoms with Crippen LogP contribution in [-0.2, 0) is 23.9 Å². The molecule has 0 saturated heterocycles. The minimum Gasteiger partial charge on any atom is -0.469 e. The summed E-state index contributed by atoms with van der Waals surface area (Å²) in [4.78, 5) is 34.1. The Morgan fingerprint density at radius 1 is 1.18 bits per heavy atom. The largest absolute Gasteiger partial charge is 0.469 e. The summed E-state index contributed by atoms with van der Waals surface area (Å²) in [5.41, 5.74) is 0.314. The highest BCUT2D eigenvalue weighted by molar-refractivity contribution is 5.89. The van der Waals surface area contributed by atoms with Crippen LogP contribution < -0.4 is 5.32 Å². The third-order valence-electron chi connectivity index (χ3n) is 3.60. The molecule has 1 N–H and O–H groups in total. The van der Waals surface area contributed by atoms with E-state index in [2.05, 4.69) is 10.1 Å². The van der Waals surface area contributed by atoms with Crippen LogP contribution in [0, 0.1) is 5.82 Å². The fourth-order valence-electron chi connectivity index (χ4n) is 2.20. The highest BCUT2D eigenvalue weighted by Gasteiger charge is 2.09. The highest BCUT2D eigenvalue weighted by atomic mass is 19.1. The van der Waals surface area contributed by atoms with E-state index in [-0.39, 0.29) is 18.9 Å². The summed E-state index contributed by atoms with van der Waals surface area (Å²) in [6, 6.07) is 9.35. The fraction of sp³-hybridized carbons (Fsp3) is 0.250. The van der Waals surface area contributed by atoms with E-state index in [4.69, 9.17) is 9.15 Å². The van der Waals surface area contributed by atoms with Gasteiger partial charge >= 0.3 is 11.9 Å². The molecule has 148 valence electrons. The maximum Gasteiger partial charge on any atom is 0.331 e. The summed E-state index contributed by atoms with van der Waals surface area (Å²) < 4.78 is 28.5. The van der Waals surface area contributed by atoms with Gasteiger partial charge in [0.1, 0.15) is 17.3 Å². The SMILES string of the molecule is COC(=O)CCCNC(=O)COC(=O)/C=C/c1ccc(-c2ccccc2F)o1. The average Bonchev–Trinajstić information content (AvgIpc) is 3.17. The number of esters is 2. The van der Waals surface area contributed by atoms with Crippen molar-refractivity contribution in [3.63, 3.8) is 0 Å². The molecule has 0 saturated carbocycles. The lowest BCUT2D eigenvalue weighted by Crippen LogP contribution is -2.29. The minimum absolute atomic E-state index is 0.192. The molecule has 0 fully saturated rings. The standard InChI is InChI=1S/C20H20FNO6/c1-26-19(24)7-4-12-22-18(23)13-27-20(25)11-9-14-8-10-17(28-14)15-5-2-3-6-16(15)21/h2-3,5-6,8-11H,4,7,12-13H2,1H3,(H,22,23)/b11-9+. The molecule has 0 radical (unpaired) electrons. The minimum atomic E-state index is -0.728. The Balaban J connectivity index is 1.74. The van der Waals surface area contributed by atoms with Gasteiger partial charge in [-0.1, -0.05) is 12.1 Å². The molecule has 0 atom stereocenters.